The van der Waals surface area contributed by atoms with E-state index in [1.165, 1.54) is 24.0 Å². The molecule has 0 saturated carbocycles. The lowest BCUT2D eigenvalue weighted by atomic mass is 9.94. The Morgan fingerprint density at radius 2 is 1.95 bits per heavy atom. The molecule has 0 saturated heterocycles. The molecule has 0 aromatic heterocycles. The highest BCUT2D eigenvalue weighted by atomic mass is 16.5. The van der Waals surface area contributed by atoms with Crippen molar-refractivity contribution in [1.82, 2.24) is 5.32 Å². The minimum Gasteiger partial charge on any atom is -0.381 e. The van der Waals surface area contributed by atoms with Gasteiger partial charge in [-0.05, 0) is 43.7 Å². The van der Waals surface area contributed by atoms with Gasteiger partial charge in [0.05, 0.1) is 0 Å². The number of unbranched alkanes of at least 4 members (excludes halogenated alkanes) is 1. The summed E-state index contributed by atoms with van der Waals surface area (Å²) in [5.74, 6) is 1.24. The maximum absolute atomic E-state index is 5.76. The third-order valence-corrected chi connectivity index (χ3v) is 3.71. The second-order valence-corrected chi connectivity index (χ2v) is 6.42. The summed E-state index contributed by atoms with van der Waals surface area (Å²) >= 11 is 0. The quantitative estimate of drug-likeness (QED) is 0.605. The van der Waals surface area contributed by atoms with Gasteiger partial charge in [0.2, 0.25) is 0 Å². The second kappa shape index (κ2) is 10.8. The van der Waals surface area contributed by atoms with E-state index >= 15 is 0 Å². The van der Waals surface area contributed by atoms with Crippen molar-refractivity contribution in [3.8, 4) is 0 Å². The van der Waals surface area contributed by atoms with Gasteiger partial charge in [-0.1, -0.05) is 57.0 Å². The van der Waals surface area contributed by atoms with Gasteiger partial charge in [-0.3, -0.25) is 0 Å². The van der Waals surface area contributed by atoms with Crippen LogP contribution in [-0.2, 0) is 4.74 Å². The number of ether oxygens (including phenoxy) is 1. The second-order valence-electron chi connectivity index (χ2n) is 6.42. The van der Waals surface area contributed by atoms with Crippen LogP contribution in [0.5, 0.6) is 0 Å². The van der Waals surface area contributed by atoms with Gasteiger partial charge in [-0.2, -0.15) is 0 Å². The van der Waals surface area contributed by atoms with E-state index in [9.17, 15) is 0 Å². The molecule has 0 aliphatic rings. The molecule has 1 unspecified atom stereocenters. The Balaban J connectivity index is 2.49. The fourth-order valence-corrected chi connectivity index (χ4v) is 2.43. The monoisotopic (exact) mass is 291 g/mol. The molecule has 1 atom stereocenters. The van der Waals surface area contributed by atoms with Crippen LogP contribution >= 0.6 is 0 Å². The Morgan fingerprint density at radius 1 is 1.14 bits per heavy atom. The molecule has 0 amide bonds. The molecule has 2 heteroatoms. The third kappa shape index (κ3) is 8.23. The van der Waals surface area contributed by atoms with Crippen LogP contribution < -0.4 is 5.32 Å². The van der Waals surface area contributed by atoms with Crippen molar-refractivity contribution in [3.63, 3.8) is 0 Å². The minimum atomic E-state index is 0.547. The van der Waals surface area contributed by atoms with Crippen molar-refractivity contribution >= 4 is 0 Å². The number of benzene rings is 1. The molecule has 1 N–H and O–H groups in total. The van der Waals surface area contributed by atoms with E-state index in [-0.39, 0.29) is 0 Å². The molecule has 1 rings (SSSR count). The molecule has 0 aliphatic heterocycles. The smallest absolute Gasteiger partial charge is 0.0472 e. The van der Waals surface area contributed by atoms with Crippen molar-refractivity contribution in [2.75, 3.05) is 26.3 Å². The van der Waals surface area contributed by atoms with Crippen LogP contribution in [0.4, 0.5) is 0 Å². The molecule has 0 spiro atoms. The predicted octanol–water partition coefficient (Wildman–Crippen LogP) is 4.53. The molecule has 1 aromatic carbocycles. The van der Waals surface area contributed by atoms with Gasteiger partial charge >= 0.3 is 0 Å². The van der Waals surface area contributed by atoms with Gasteiger partial charge in [-0.25, -0.2) is 0 Å². The summed E-state index contributed by atoms with van der Waals surface area (Å²) in [5.41, 5.74) is 2.78. The molecule has 0 heterocycles. The van der Waals surface area contributed by atoms with E-state index in [2.05, 4.69) is 57.3 Å². The lowest BCUT2D eigenvalue weighted by Gasteiger charge is -2.19. The predicted molar refractivity (Wildman–Crippen MR) is 92.0 cm³/mol. The van der Waals surface area contributed by atoms with Gasteiger partial charge in [0.15, 0.2) is 0 Å². The maximum atomic E-state index is 5.76. The first-order valence-electron chi connectivity index (χ1n) is 8.48. The zero-order valence-corrected chi connectivity index (χ0v) is 14.3. The standard InChI is InChI=1S/C19H33NO/c1-5-6-11-21-12-10-19(15-20-14-16(2)3)18-9-7-8-17(4)13-18/h7-9,13,16,19-20H,5-6,10-12,14-15H2,1-4H3. The Labute approximate surface area is 131 Å². The molecule has 120 valence electrons. The Bertz CT molecular complexity index is 376. The average Bonchev–Trinajstić information content (AvgIpc) is 2.45. The topological polar surface area (TPSA) is 21.3 Å². The molecule has 2 nitrogen and oxygen atoms in total. The van der Waals surface area contributed by atoms with E-state index in [0.717, 1.165) is 32.7 Å². The molecule has 0 fully saturated rings. The molecular formula is C19H33NO. The largest absolute Gasteiger partial charge is 0.381 e. The number of hydrogen-bond acceptors (Lipinski definition) is 2. The lowest BCUT2D eigenvalue weighted by molar-refractivity contribution is 0.124. The van der Waals surface area contributed by atoms with Crippen molar-refractivity contribution < 1.29 is 4.74 Å². The Hall–Kier alpha value is -0.860. The third-order valence-electron chi connectivity index (χ3n) is 3.71. The first kappa shape index (κ1) is 18.2. The van der Waals surface area contributed by atoms with Crippen molar-refractivity contribution in [2.24, 2.45) is 5.92 Å². The van der Waals surface area contributed by atoms with E-state index < -0.39 is 0 Å². The molecule has 0 aliphatic carbocycles. The lowest BCUT2D eigenvalue weighted by Crippen LogP contribution is -2.26. The molecule has 21 heavy (non-hydrogen) atoms. The first-order chi connectivity index (χ1) is 10.1. The highest BCUT2D eigenvalue weighted by molar-refractivity contribution is 5.25. The SMILES string of the molecule is CCCCOCCC(CNCC(C)C)c1cccc(C)c1. The summed E-state index contributed by atoms with van der Waals surface area (Å²) in [6.07, 6.45) is 3.47. The van der Waals surface area contributed by atoms with E-state index in [4.69, 9.17) is 4.74 Å². The Kier molecular flexibility index (Phi) is 9.36. The number of rotatable bonds is 11. The van der Waals surface area contributed by atoms with Crippen molar-refractivity contribution in [3.05, 3.63) is 35.4 Å². The molecular weight excluding hydrogens is 258 g/mol. The van der Waals surface area contributed by atoms with Gasteiger partial charge < -0.3 is 10.1 Å². The van der Waals surface area contributed by atoms with Gasteiger partial charge in [-0.15, -0.1) is 0 Å². The summed E-state index contributed by atoms with van der Waals surface area (Å²) in [4.78, 5) is 0. The highest BCUT2D eigenvalue weighted by Crippen LogP contribution is 2.20. The summed E-state index contributed by atoms with van der Waals surface area (Å²) in [7, 11) is 0. The van der Waals surface area contributed by atoms with Gasteiger partial charge in [0.25, 0.3) is 0 Å². The normalized spacial score (nSPS) is 12.8. The molecule has 0 bridgehead atoms. The summed E-state index contributed by atoms with van der Waals surface area (Å²) in [6, 6.07) is 8.90. The van der Waals surface area contributed by atoms with Crippen LogP contribution in [0, 0.1) is 12.8 Å². The number of hydrogen-bond donors (Lipinski definition) is 1. The molecule has 0 radical (unpaired) electrons. The average molecular weight is 291 g/mol. The number of nitrogens with one attached hydrogen (secondary N) is 1. The van der Waals surface area contributed by atoms with Gasteiger partial charge in [0.1, 0.15) is 0 Å². The minimum absolute atomic E-state index is 0.547. The van der Waals surface area contributed by atoms with Crippen LogP contribution in [0.3, 0.4) is 0 Å². The summed E-state index contributed by atoms with van der Waals surface area (Å²) in [5, 5.41) is 3.60. The first-order valence-corrected chi connectivity index (χ1v) is 8.48. The van der Waals surface area contributed by atoms with Crippen molar-refractivity contribution in [1.29, 1.82) is 0 Å². The number of aryl methyl sites for hydroxylation is 1. The fourth-order valence-electron chi connectivity index (χ4n) is 2.43. The fraction of sp³-hybridized carbons (Fsp3) is 0.684. The molecule has 1 aromatic rings. The van der Waals surface area contributed by atoms with Crippen LogP contribution in [0.25, 0.3) is 0 Å². The van der Waals surface area contributed by atoms with Crippen molar-refractivity contribution in [2.45, 2.75) is 52.9 Å². The highest BCUT2D eigenvalue weighted by Gasteiger charge is 2.11. The summed E-state index contributed by atoms with van der Waals surface area (Å²) in [6.45, 7) is 12.8. The van der Waals surface area contributed by atoms with Crippen LogP contribution in [0.2, 0.25) is 0 Å². The summed E-state index contributed by atoms with van der Waals surface area (Å²) < 4.78 is 5.76. The van der Waals surface area contributed by atoms with Crippen LogP contribution in [-0.4, -0.2) is 26.3 Å². The van der Waals surface area contributed by atoms with E-state index in [0.29, 0.717) is 11.8 Å². The van der Waals surface area contributed by atoms with Crippen LogP contribution in [0.1, 0.15) is 57.1 Å². The Morgan fingerprint density at radius 3 is 2.62 bits per heavy atom. The zero-order chi connectivity index (χ0) is 15.5. The zero-order valence-electron chi connectivity index (χ0n) is 14.3. The van der Waals surface area contributed by atoms with E-state index in [1.807, 2.05) is 0 Å². The van der Waals surface area contributed by atoms with Crippen LogP contribution in [0.15, 0.2) is 24.3 Å². The van der Waals surface area contributed by atoms with E-state index in [1.54, 1.807) is 0 Å². The van der Waals surface area contributed by atoms with Gasteiger partial charge in [0, 0.05) is 19.8 Å². The maximum Gasteiger partial charge on any atom is 0.0472 e.